The molecule has 1 aromatic carbocycles. The van der Waals surface area contributed by atoms with Gasteiger partial charge < -0.3 is 24.2 Å². The van der Waals surface area contributed by atoms with Gasteiger partial charge in [0.15, 0.2) is 11.5 Å². The maximum absolute atomic E-state index is 12.3. The standard InChI is InChI=1S/C13H15NO6/c1-18-5-4-14(7-12(15)16)13(17)9-2-3-10-11(6-9)20-8-19-10/h2-3,6H,4-5,7-8H2,1H3,(H,15,16). The molecule has 0 aromatic heterocycles. The summed E-state index contributed by atoms with van der Waals surface area (Å²) in [7, 11) is 1.49. The minimum absolute atomic E-state index is 0.121. The van der Waals surface area contributed by atoms with Crippen molar-refractivity contribution in [2.24, 2.45) is 0 Å². The van der Waals surface area contributed by atoms with Gasteiger partial charge in [0.1, 0.15) is 6.54 Å². The first-order valence-corrected chi connectivity index (χ1v) is 6.01. The zero-order valence-corrected chi connectivity index (χ0v) is 11.0. The summed E-state index contributed by atoms with van der Waals surface area (Å²) >= 11 is 0. The Balaban J connectivity index is 2.15. The number of methoxy groups -OCH3 is 1. The molecule has 0 unspecified atom stereocenters. The number of carbonyl (C=O) groups excluding carboxylic acids is 1. The van der Waals surface area contributed by atoms with Crippen molar-refractivity contribution in [2.75, 3.05) is 33.6 Å². The van der Waals surface area contributed by atoms with Gasteiger partial charge in [-0.25, -0.2) is 0 Å². The lowest BCUT2D eigenvalue weighted by Gasteiger charge is -2.20. The van der Waals surface area contributed by atoms with E-state index in [4.69, 9.17) is 19.3 Å². The van der Waals surface area contributed by atoms with Crippen molar-refractivity contribution in [1.82, 2.24) is 4.90 Å². The lowest BCUT2D eigenvalue weighted by Crippen LogP contribution is -2.38. The van der Waals surface area contributed by atoms with Crippen LogP contribution in [0.25, 0.3) is 0 Å². The highest BCUT2D eigenvalue weighted by atomic mass is 16.7. The van der Waals surface area contributed by atoms with E-state index in [9.17, 15) is 9.59 Å². The monoisotopic (exact) mass is 281 g/mol. The van der Waals surface area contributed by atoms with Crippen LogP contribution < -0.4 is 9.47 Å². The highest BCUT2D eigenvalue weighted by molar-refractivity contribution is 5.96. The average Bonchev–Trinajstić information content (AvgIpc) is 2.89. The maximum atomic E-state index is 12.3. The number of nitrogens with zero attached hydrogens (tertiary/aromatic N) is 1. The van der Waals surface area contributed by atoms with Crippen molar-refractivity contribution in [3.63, 3.8) is 0 Å². The minimum Gasteiger partial charge on any atom is -0.480 e. The largest absolute Gasteiger partial charge is 0.480 e. The third-order valence-electron chi connectivity index (χ3n) is 2.80. The second-order valence-corrected chi connectivity index (χ2v) is 4.18. The van der Waals surface area contributed by atoms with Gasteiger partial charge in [-0.2, -0.15) is 0 Å². The van der Waals surface area contributed by atoms with E-state index in [2.05, 4.69) is 0 Å². The Bertz CT molecular complexity index is 516. The Morgan fingerprint density at radius 2 is 2.10 bits per heavy atom. The molecule has 0 atom stereocenters. The predicted octanol–water partition coefficient (Wildman–Crippen LogP) is 0.588. The fourth-order valence-corrected chi connectivity index (χ4v) is 1.83. The Morgan fingerprint density at radius 1 is 1.35 bits per heavy atom. The van der Waals surface area contributed by atoms with Crippen LogP contribution in [0.15, 0.2) is 18.2 Å². The van der Waals surface area contributed by atoms with Crippen LogP contribution in [0.3, 0.4) is 0 Å². The van der Waals surface area contributed by atoms with Crippen LogP contribution >= 0.6 is 0 Å². The molecule has 0 spiro atoms. The zero-order valence-electron chi connectivity index (χ0n) is 11.0. The van der Waals surface area contributed by atoms with Crippen LogP contribution in [0.1, 0.15) is 10.4 Å². The van der Waals surface area contributed by atoms with E-state index in [-0.39, 0.29) is 32.4 Å². The molecule has 0 fully saturated rings. The first kappa shape index (κ1) is 14.1. The van der Waals surface area contributed by atoms with Gasteiger partial charge in [0.25, 0.3) is 5.91 Å². The number of fused-ring (bicyclic) bond motifs is 1. The Hall–Kier alpha value is -2.28. The summed E-state index contributed by atoms with van der Waals surface area (Å²) in [5, 5.41) is 8.85. The summed E-state index contributed by atoms with van der Waals surface area (Å²) in [6.07, 6.45) is 0. The number of rotatable bonds is 6. The lowest BCUT2D eigenvalue weighted by molar-refractivity contribution is -0.137. The molecule has 0 bridgehead atoms. The van der Waals surface area contributed by atoms with Crippen molar-refractivity contribution in [3.05, 3.63) is 23.8 Å². The van der Waals surface area contributed by atoms with Crippen LogP contribution in [0.5, 0.6) is 11.5 Å². The number of benzene rings is 1. The third kappa shape index (κ3) is 3.18. The van der Waals surface area contributed by atoms with Crippen LogP contribution in [0.2, 0.25) is 0 Å². The first-order valence-electron chi connectivity index (χ1n) is 6.01. The van der Waals surface area contributed by atoms with E-state index in [1.54, 1.807) is 18.2 Å². The van der Waals surface area contributed by atoms with Gasteiger partial charge in [-0.3, -0.25) is 9.59 Å². The molecule has 7 nitrogen and oxygen atoms in total. The number of hydrogen-bond donors (Lipinski definition) is 1. The number of carboxylic acids is 1. The molecule has 0 radical (unpaired) electrons. The van der Waals surface area contributed by atoms with E-state index >= 15 is 0 Å². The molecule has 1 amide bonds. The van der Waals surface area contributed by atoms with E-state index < -0.39 is 5.97 Å². The average molecular weight is 281 g/mol. The highest BCUT2D eigenvalue weighted by Crippen LogP contribution is 2.32. The summed E-state index contributed by atoms with van der Waals surface area (Å²) in [6, 6.07) is 4.76. The van der Waals surface area contributed by atoms with Crippen molar-refractivity contribution < 1.29 is 28.9 Å². The van der Waals surface area contributed by atoms with Gasteiger partial charge in [0.05, 0.1) is 6.61 Å². The summed E-state index contributed by atoms with van der Waals surface area (Å²) in [5.41, 5.74) is 0.353. The molecule has 7 heteroatoms. The van der Waals surface area contributed by atoms with Crippen LogP contribution in [-0.4, -0.2) is 55.5 Å². The molecule has 20 heavy (non-hydrogen) atoms. The van der Waals surface area contributed by atoms with Crippen molar-refractivity contribution in [1.29, 1.82) is 0 Å². The fourth-order valence-electron chi connectivity index (χ4n) is 1.83. The Kier molecular flexibility index (Phi) is 4.41. The number of amides is 1. The smallest absolute Gasteiger partial charge is 0.323 e. The zero-order chi connectivity index (χ0) is 14.5. The van der Waals surface area contributed by atoms with Gasteiger partial charge in [0, 0.05) is 19.2 Å². The predicted molar refractivity (Wildman–Crippen MR) is 68.0 cm³/mol. The SMILES string of the molecule is COCCN(CC(=O)O)C(=O)c1ccc2c(c1)OCO2. The van der Waals surface area contributed by atoms with Crippen LogP contribution in [0.4, 0.5) is 0 Å². The quantitative estimate of drug-likeness (QED) is 0.821. The molecule has 2 rings (SSSR count). The molecule has 0 aliphatic carbocycles. The molecule has 1 aliphatic heterocycles. The number of hydrogen-bond acceptors (Lipinski definition) is 5. The lowest BCUT2D eigenvalue weighted by atomic mass is 10.1. The van der Waals surface area contributed by atoms with E-state index in [1.165, 1.54) is 12.0 Å². The summed E-state index contributed by atoms with van der Waals surface area (Å²) in [5.74, 6) is -0.404. The molecule has 108 valence electrons. The van der Waals surface area contributed by atoms with Crippen LogP contribution in [0, 0.1) is 0 Å². The number of carbonyl (C=O) groups is 2. The summed E-state index contributed by atoms with van der Waals surface area (Å²) in [4.78, 5) is 24.3. The topological polar surface area (TPSA) is 85.3 Å². The Morgan fingerprint density at radius 3 is 2.80 bits per heavy atom. The minimum atomic E-state index is -1.07. The van der Waals surface area contributed by atoms with E-state index in [1.807, 2.05) is 0 Å². The van der Waals surface area contributed by atoms with Crippen LogP contribution in [-0.2, 0) is 9.53 Å². The highest BCUT2D eigenvalue weighted by Gasteiger charge is 2.21. The van der Waals surface area contributed by atoms with Gasteiger partial charge in [-0.15, -0.1) is 0 Å². The molecule has 1 heterocycles. The fraction of sp³-hybridized carbons (Fsp3) is 0.385. The number of aliphatic carboxylic acids is 1. The van der Waals surface area contributed by atoms with E-state index in [0.29, 0.717) is 17.1 Å². The number of ether oxygens (including phenoxy) is 3. The molecular formula is C13H15NO6. The second kappa shape index (κ2) is 6.25. The first-order chi connectivity index (χ1) is 9.61. The van der Waals surface area contributed by atoms with Gasteiger partial charge >= 0.3 is 5.97 Å². The van der Waals surface area contributed by atoms with Crippen molar-refractivity contribution in [2.45, 2.75) is 0 Å². The van der Waals surface area contributed by atoms with Gasteiger partial charge in [-0.1, -0.05) is 0 Å². The van der Waals surface area contributed by atoms with Gasteiger partial charge in [-0.05, 0) is 18.2 Å². The van der Waals surface area contributed by atoms with Crippen molar-refractivity contribution in [3.8, 4) is 11.5 Å². The third-order valence-corrected chi connectivity index (χ3v) is 2.80. The van der Waals surface area contributed by atoms with Crippen molar-refractivity contribution >= 4 is 11.9 Å². The molecule has 1 aliphatic rings. The molecule has 0 saturated heterocycles. The normalized spacial score (nSPS) is 12.2. The second-order valence-electron chi connectivity index (χ2n) is 4.18. The Labute approximate surface area is 115 Å². The molecule has 1 aromatic rings. The molecule has 1 N–H and O–H groups in total. The molecular weight excluding hydrogens is 266 g/mol. The summed E-state index contributed by atoms with van der Waals surface area (Å²) in [6.45, 7) is 0.214. The number of carboxylic acid groups (broad SMARTS) is 1. The summed E-state index contributed by atoms with van der Waals surface area (Å²) < 4.78 is 15.2. The van der Waals surface area contributed by atoms with E-state index in [0.717, 1.165) is 0 Å². The van der Waals surface area contributed by atoms with Gasteiger partial charge in [0.2, 0.25) is 6.79 Å². The molecule has 0 saturated carbocycles. The maximum Gasteiger partial charge on any atom is 0.323 e.